The number of unbranched alkanes of at least 4 members (excludes halogenated alkanes) is 2. The lowest BCUT2D eigenvalue weighted by atomic mass is 10.2. The topological polar surface area (TPSA) is 56.0 Å². The quantitative estimate of drug-likeness (QED) is 0.645. The van der Waals surface area contributed by atoms with Crippen molar-refractivity contribution < 1.29 is 18.0 Å². The van der Waals surface area contributed by atoms with Crippen LogP contribution >= 0.6 is 11.8 Å². The monoisotopic (exact) mass is 292 g/mol. The van der Waals surface area contributed by atoms with Crippen LogP contribution in [0.5, 0.6) is 0 Å². The first-order chi connectivity index (χ1) is 8.86. The van der Waals surface area contributed by atoms with Gasteiger partial charge in [0.15, 0.2) is 0 Å². The smallest absolute Gasteiger partial charge is 0.366 e. The lowest BCUT2D eigenvalue weighted by Gasteiger charge is -2.10. The molecule has 2 N–H and O–H groups in total. The summed E-state index contributed by atoms with van der Waals surface area (Å²) in [6.07, 6.45) is -1.66. The molecule has 0 bridgehead atoms. The van der Waals surface area contributed by atoms with Crippen molar-refractivity contribution in [3.05, 3.63) is 23.4 Å². The van der Waals surface area contributed by atoms with Gasteiger partial charge in [0.2, 0.25) is 0 Å². The van der Waals surface area contributed by atoms with Gasteiger partial charge < -0.3 is 5.73 Å². The number of alkyl halides is 3. The van der Waals surface area contributed by atoms with Crippen LogP contribution in [0.4, 0.5) is 13.2 Å². The maximum absolute atomic E-state index is 12.6. The number of nitrogens with two attached hydrogens (primary N) is 1. The summed E-state index contributed by atoms with van der Waals surface area (Å²) in [5, 5.41) is 0.0541. The van der Waals surface area contributed by atoms with E-state index in [1.54, 1.807) is 0 Å². The Morgan fingerprint density at radius 2 is 2.05 bits per heavy atom. The molecule has 7 heteroatoms. The number of primary amides is 1. The largest absolute Gasteiger partial charge is 0.433 e. The van der Waals surface area contributed by atoms with Gasteiger partial charge in [-0.05, 0) is 24.3 Å². The molecule has 0 fully saturated rings. The maximum atomic E-state index is 12.6. The van der Waals surface area contributed by atoms with Crippen LogP contribution in [0.1, 0.15) is 42.2 Å². The molecule has 0 aliphatic rings. The highest BCUT2D eigenvalue weighted by Crippen LogP contribution is 2.31. The molecule has 1 aromatic rings. The Morgan fingerprint density at radius 1 is 1.37 bits per heavy atom. The van der Waals surface area contributed by atoms with Crippen molar-refractivity contribution in [2.24, 2.45) is 5.73 Å². The van der Waals surface area contributed by atoms with Gasteiger partial charge in [-0.1, -0.05) is 19.8 Å². The Hall–Kier alpha value is -1.24. The number of halogens is 3. The summed E-state index contributed by atoms with van der Waals surface area (Å²) in [5.74, 6) is -0.151. The molecule has 0 spiro atoms. The van der Waals surface area contributed by atoms with E-state index in [0.717, 1.165) is 43.2 Å². The second-order valence-corrected chi connectivity index (χ2v) is 5.05. The highest BCUT2D eigenvalue weighted by atomic mass is 32.2. The number of nitrogens with zero attached hydrogens (tertiary/aromatic N) is 1. The van der Waals surface area contributed by atoms with Crippen LogP contribution in [0.25, 0.3) is 0 Å². The molecule has 0 radical (unpaired) electrons. The Labute approximate surface area is 113 Å². The SMILES string of the molecule is CCCCCSc1nc(C(F)(F)F)ccc1C(N)=O. The molecule has 0 atom stereocenters. The van der Waals surface area contributed by atoms with Gasteiger partial charge >= 0.3 is 6.18 Å². The molecule has 0 aliphatic heterocycles. The number of hydrogen-bond acceptors (Lipinski definition) is 3. The zero-order chi connectivity index (χ0) is 14.5. The first-order valence-corrected chi connectivity index (χ1v) is 6.85. The summed E-state index contributed by atoms with van der Waals surface area (Å²) in [7, 11) is 0. The molecule has 3 nitrogen and oxygen atoms in total. The van der Waals surface area contributed by atoms with Crippen LogP contribution < -0.4 is 5.73 Å². The predicted molar refractivity (Wildman–Crippen MR) is 68.0 cm³/mol. The van der Waals surface area contributed by atoms with Gasteiger partial charge in [-0.25, -0.2) is 4.98 Å². The van der Waals surface area contributed by atoms with E-state index >= 15 is 0 Å². The van der Waals surface area contributed by atoms with E-state index in [2.05, 4.69) is 4.98 Å². The Bertz CT molecular complexity index is 449. The lowest BCUT2D eigenvalue weighted by Crippen LogP contribution is -2.16. The highest BCUT2D eigenvalue weighted by Gasteiger charge is 2.33. The molecule has 0 aromatic carbocycles. The third-order valence-corrected chi connectivity index (χ3v) is 3.48. The van der Waals surface area contributed by atoms with Gasteiger partial charge in [-0.3, -0.25) is 4.79 Å². The van der Waals surface area contributed by atoms with Crippen molar-refractivity contribution in [2.75, 3.05) is 5.75 Å². The number of pyridine rings is 1. The fraction of sp³-hybridized carbons (Fsp3) is 0.500. The molecule has 0 saturated heterocycles. The Kier molecular flexibility index (Phi) is 5.65. The minimum atomic E-state index is -4.52. The molecule has 1 rings (SSSR count). The van der Waals surface area contributed by atoms with E-state index < -0.39 is 17.8 Å². The summed E-state index contributed by atoms with van der Waals surface area (Å²) < 4.78 is 37.7. The summed E-state index contributed by atoms with van der Waals surface area (Å²) in [6.45, 7) is 2.03. The summed E-state index contributed by atoms with van der Waals surface area (Å²) in [4.78, 5) is 14.7. The number of rotatable bonds is 6. The van der Waals surface area contributed by atoms with Crippen molar-refractivity contribution in [1.29, 1.82) is 0 Å². The molecule has 1 amide bonds. The average molecular weight is 292 g/mol. The van der Waals surface area contributed by atoms with Crippen LogP contribution in [-0.4, -0.2) is 16.6 Å². The summed E-state index contributed by atoms with van der Waals surface area (Å²) in [6, 6.07) is 1.86. The maximum Gasteiger partial charge on any atom is 0.433 e. The predicted octanol–water partition coefficient (Wildman–Crippen LogP) is 3.48. The third-order valence-electron chi connectivity index (χ3n) is 2.40. The number of carbonyl (C=O) groups is 1. The fourth-order valence-electron chi connectivity index (χ4n) is 1.42. The molecule has 1 aromatic heterocycles. The highest BCUT2D eigenvalue weighted by molar-refractivity contribution is 7.99. The van der Waals surface area contributed by atoms with Gasteiger partial charge in [0.1, 0.15) is 10.7 Å². The number of aromatic nitrogens is 1. The molecule has 0 aliphatic carbocycles. The van der Waals surface area contributed by atoms with E-state index in [4.69, 9.17) is 5.73 Å². The van der Waals surface area contributed by atoms with E-state index in [0.29, 0.717) is 5.75 Å². The van der Waals surface area contributed by atoms with Crippen molar-refractivity contribution in [2.45, 2.75) is 37.4 Å². The molecule has 106 valence electrons. The van der Waals surface area contributed by atoms with Crippen molar-refractivity contribution in [3.63, 3.8) is 0 Å². The van der Waals surface area contributed by atoms with Crippen molar-refractivity contribution in [3.8, 4) is 0 Å². The molecular formula is C12H15F3N2OS. The van der Waals surface area contributed by atoms with E-state index in [9.17, 15) is 18.0 Å². The van der Waals surface area contributed by atoms with Crippen molar-refractivity contribution in [1.82, 2.24) is 4.98 Å². The normalized spacial score (nSPS) is 11.6. The Morgan fingerprint density at radius 3 is 2.58 bits per heavy atom. The van der Waals surface area contributed by atoms with E-state index in [-0.39, 0.29) is 10.6 Å². The van der Waals surface area contributed by atoms with E-state index in [1.165, 1.54) is 0 Å². The van der Waals surface area contributed by atoms with E-state index in [1.807, 2.05) is 6.92 Å². The number of amides is 1. The second-order valence-electron chi connectivity index (χ2n) is 3.97. The van der Waals surface area contributed by atoms with Gasteiger partial charge in [-0.2, -0.15) is 13.2 Å². The van der Waals surface area contributed by atoms with Crippen LogP contribution in [0.3, 0.4) is 0 Å². The zero-order valence-electron chi connectivity index (χ0n) is 10.5. The minimum Gasteiger partial charge on any atom is -0.366 e. The number of hydrogen-bond donors (Lipinski definition) is 1. The number of carbonyl (C=O) groups excluding carboxylic acids is 1. The van der Waals surface area contributed by atoms with Crippen molar-refractivity contribution >= 4 is 17.7 Å². The average Bonchev–Trinajstić information content (AvgIpc) is 2.33. The summed E-state index contributed by atoms with van der Waals surface area (Å²) >= 11 is 1.13. The molecule has 19 heavy (non-hydrogen) atoms. The van der Waals surface area contributed by atoms with Gasteiger partial charge in [0, 0.05) is 0 Å². The first-order valence-electron chi connectivity index (χ1n) is 5.87. The van der Waals surface area contributed by atoms with Crippen LogP contribution in [-0.2, 0) is 6.18 Å². The van der Waals surface area contributed by atoms with Gasteiger partial charge in [0.05, 0.1) is 5.56 Å². The minimum absolute atomic E-state index is 0.0366. The molecule has 1 heterocycles. The Balaban J connectivity index is 2.93. The zero-order valence-corrected chi connectivity index (χ0v) is 11.3. The molecular weight excluding hydrogens is 277 g/mol. The van der Waals surface area contributed by atoms with Gasteiger partial charge in [0.25, 0.3) is 5.91 Å². The van der Waals surface area contributed by atoms with Crippen LogP contribution in [0, 0.1) is 0 Å². The number of thioether (sulfide) groups is 1. The van der Waals surface area contributed by atoms with Gasteiger partial charge in [-0.15, -0.1) is 11.8 Å². The molecule has 0 unspecified atom stereocenters. The standard InChI is InChI=1S/C12H15F3N2OS/c1-2-3-4-7-19-11-8(10(16)18)5-6-9(17-11)12(13,14)15/h5-6H,2-4,7H2,1H3,(H2,16,18). The fourth-order valence-corrected chi connectivity index (χ4v) is 2.45. The lowest BCUT2D eigenvalue weighted by molar-refractivity contribution is -0.141. The van der Waals surface area contributed by atoms with Crippen LogP contribution in [0.15, 0.2) is 17.2 Å². The van der Waals surface area contributed by atoms with Crippen LogP contribution in [0.2, 0.25) is 0 Å². The first kappa shape index (κ1) is 15.8. The second kappa shape index (κ2) is 6.79. The molecule has 0 saturated carbocycles. The summed E-state index contributed by atoms with van der Waals surface area (Å²) in [5.41, 5.74) is 4.16. The third kappa shape index (κ3) is 4.74.